The Morgan fingerprint density at radius 3 is 2.26 bits per heavy atom. The normalized spacial score (nSPS) is 14.0. The van der Waals surface area contributed by atoms with E-state index in [9.17, 15) is 23.3 Å². The van der Waals surface area contributed by atoms with Gasteiger partial charge in [0.05, 0.1) is 9.82 Å². The summed E-state index contributed by atoms with van der Waals surface area (Å²) in [6, 6.07) is 36.6. The molecule has 0 aromatic heterocycles. The molecule has 304 valence electrons. The number of anilines is 2. The summed E-state index contributed by atoms with van der Waals surface area (Å²) in [5.74, 6) is -0.161. The number of nitrogens with zero attached hydrogens (tertiary/aromatic N) is 4. The number of hydrogen-bond donors (Lipinski definition) is 2. The Balaban J connectivity index is 1.06. The molecule has 11 nitrogen and oxygen atoms in total. The zero-order chi connectivity index (χ0) is 41.1. The van der Waals surface area contributed by atoms with Gasteiger partial charge in [-0.3, -0.25) is 19.8 Å². The Bertz CT molecular complexity index is 2250. The molecule has 1 amide bonds. The highest BCUT2D eigenvalue weighted by Crippen LogP contribution is 2.31. The van der Waals surface area contributed by atoms with Crippen molar-refractivity contribution in [3.8, 4) is 11.1 Å². The molecule has 0 radical (unpaired) electrons. The summed E-state index contributed by atoms with van der Waals surface area (Å²) in [5.41, 5.74) is 4.49. The number of nitro benzene ring substituents is 1. The Hall–Kier alpha value is -4.92. The molecule has 5 aromatic rings. The van der Waals surface area contributed by atoms with Gasteiger partial charge in [-0.05, 0) is 111 Å². The Kier molecular flexibility index (Phi) is 14.8. The molecule has 58 heavy (non-hydrogen) atoms. The number of rotatable bonds is 18. The van der Waals surface area contributed by atoms with Crippen LogP contribution in [0.1, 0.15) is 35.2 Å². The van der Waals surface area contributed by atoms with Gasteiger partial charge in [0.25, 0.3) is 21.6 Å². The van der Waals surface area contributed by atoms with Crippen molar-refractivity contribution in [2.45, 2.75) is 41.6 Å². The van der Waals surface area contributed by atoms with Crippen molar-refractivity contribution in [2.75, 3.05) is 62.8 Å². The van der Waals surface area contributed by atoms with E-state index in [1.807, 2.05) is 86.9 Å². The Morgan fingerprint density at radius 2 is 1.57 bits per heavy atom. The largest absolute Gasteiger partial charge is 0.376 e. The van der Waals surface area contributed by atoms with Crippen molar-refractivity contribution in [1.82, 2.24) is 14.5 Å². The standard InChI is InChI=1S/C44H49ClN6O5S2/c1-48(2)25-9-8-11-37(32-57-39-12-4-3-5-13-39)46-42-24-23-40(30-43(42)51(53)54)58(55,56)47-44(52)34-17-21-38(22-18-34)50-28-26-49(27-29-50)31-35-10-6-7-14-41(35)33-15-19-36(45)20-16-33/h3-7,10,12-24,30,37,46H,8-9,11,25-29,31-32H2,1-2H3,(H,47,52)/t37-/m1/s1. The molecule has 1 aliphatic heterocycles. The Morgan fingerprint density at radius 1 is 0.879 bits per heavy atom. The molecule has 1 atom stereocenters. The van der Waals surface area contributed by atoms with E-state index in [0.717, 1.165) is 80.7 Å². The highest BCUT2D eigenvalue weighted by molar-refractivity contribution is 7.99. The number of piperazine rings is 1. The number of hydrogen-bond acceptors (Lipinski definition) is 10. The molecule has 2 N–H and O–H groups in total. The minimum absolute atomic E-state index is 0.108. The van der Waals surface area contributed by atoms with Crippen LogP contribution in [0, 0.1) is 10.1 Å². The van der Waals surface area contributed by atoms with Gasteiger partial charge in [0, 0.05) is 71.8 Å². The van der Waals surface area contributed by atoms with Gasteiger partial charge in [-0.2, -0.15) is 0 Å². The van der Waals surface area contributed by atoms with Crippen LogP contribution in [0.25, 0.3) is 11.1 Å². The zero-order valence-corrected chi connectivity index (χ0v) is 35.1. The molecular weight excluding hydrogens is 792 g/mol. The zero-order valence-electron chi connectivity index (χ0n) is 32.7. The van der Waals surface area contributed by atoms with E-state index in [4.69, 9.17) is 11.6 Å². The SMILES string of the molecule is CN(C)CCCC[C@H](CSc1ccccc1)Nc1ccc(S(=O)(=O)NC(=O)c2ccc(N3CCN(Cc4ccccc4-c4ccc(Cl)cc4)CC3)cc2)cc1[N+](=O)[O-]. The number of carbonyl (C=O) groups is 1. The fourth-order valence-corrected chi connectivity index (χ4v) is 9.05. The van der Waals surface area contributed by atoms with Crippen LogP contribution < -0.4 is 14.9 Å². The third kappa shape index (κ3) is 11.8. The number of carbonyl (C=O) groups excluding carboxylic acids is 1. The number of benzene rings is 5. The molecule has 0 saturated carbocycles. The predicted molar refractivity (Wildman–Crippen MR) is 236 cm³/mol. The quantitative estimate of drug-likeness (QED) is 0.0383. The molecule has 1 aliphatic rings. The van der Waals surface area contributed by atoms with Crippen molar-refractivity contribution in [2.24, 2.45) is 0 Å². The van der Waals surface area contributed by atoms with Crippen molar-refractivity contribution < 1.29 is 18.1 Å². The summed E-state index contributed by atoms with van der Waals surface area (Å²) in [6.45, 7) is 5.02. The van der Waals surface area contributed by atoms with E-state index < -0.39 is 20.9 Å². The second-order valence-electron chi connectivity index (χ2n) is 14.6. The van der Waals surface area contributed by atoms with Crippen molar-refractivity contribution >= 4 is 56.4 Å². The third-order valence-corrected chi connectivity index (χ3v) is 12.9. The summed E-state index contributed by atoms with van der Waals surface area (Å²) < 4.78 is 28.9. The first kappa shape index (κ1) is 42.7. The van der Waals surface area contributed by atoms with E-state index in [-0.39, 0.29) is 27.9 Å². The molecule has 0 aliphatic carbocycles. The average Bonchev–Trinajstić information content (AvgIpc) is 3.22. The summed E-state index contributed by atoms with van der Waals surface area (Å²) in [7, 11) is -0.385. The monoisotopic (exact) mass is 840 g/mol. The summed E-state index contributed by atoms with van der Waals surface area (Å²) in [4.78, 5) is 32.3. The number of nitro groups is 1. The van der Waals surface area contributed by atoms with Gasteiger partial charge < -0.3 is 15.1 Å². The van der Waals surface area contributed by atoms with Crippen molar-refractivity contribution in [1.29, 1.82) is 0 Å². The molecule has 1 fully saturated rings. The number of nitrogens with one attached hydrogen (secondary N) is 2. The molecule has 0 spiro atoms. The average molecular weight is 842 g/mol. The second kappa shape index (κ2) is 20.2. The fourth-order valence-electron chi connectivity index (χ4n) is 6.94. The molecular formula is C44H49ClN6O5S2. The van der Waals surface area contributed by atoms with Gasteiger partial charge in [-0.15, -0.1) is 11.8 Å². The van der Waals surface area contributed by atoms with Gasteiger partial charge in [0.15, 0.2) is 0 Å². The number of unbranched alkanes of at least 4 members (excludes halogenated alkanes) is 1. The van der Waals surface area contributed by atoms with Crippen LogP contribution in [0.5, 0.6) is 0 Å². The van der Waals surface area contributed by atoms with E-state index >= 15 is 0 Å². The van der Waals surface area contributed by atoms with Gasteiger partial charge >= 0.3 is 0 Å². The highest BCUT2D eigenvalue weighted by atomic mass is 35.5. The second-order valence-corrected chi connectivity index (χ2v) is 17.8. The maximum absolute atomic E-state index is 13.4. The lowest BCUT2D eigenvalue weighted by molar-refractivity contribution is -0.384. The smallest absolute Gasteiger partial charge is 0.293 e. The lowest BCUT2D eigenvalue weighted by Gasteiger charge is -2.36. The first-order valence-electron chi connectivity index (χ1n) is 19.3. The molecule has 6 rings (SSSR count). The highest BCUT2D eigenvalue weighted by Gasteiger charge is 2.26. The number of thioether (sulfide) groups is 1. The summed E-state index contributed by atoms with van der Waals surface area (Å²) >= 11 is 7.77. The van der Waals surface area contributed by atoms with Crippen LogP contribution in [0.15, 0.2) is 131 Å². The first-order chi connectivity index (χ1) is 27.9. The number of sulfonamides is 1. The lowest BCUT2D eigenvalue weighted by atomic mass is 9.99. The van der Waals surface area contributed by atoms with E-state index in [0.29, 0.717) is 10.8 Å². The molecule has 0 unspecified atom stereocenters. The van der Waals surface area contributed by atoms with Gasteiger partial charge in [0.2, 0.25) is 0 Å². The van der Waals surface area contributed by atoms with E-state index in [1.165, 1.54) is 23.3 Å². The molecule has 0 bridgehead atoms. The predicted octanol–water partition coefficient (Wildman–Crippen LogP) is 8.66. The minimum atomic E-state index is -4.43. The maximum Gasteiger partial charge on any atom is 0.293 e. The van der Waals surface area contributed by atoms with Gasteiger partial charge in [-0.25, -0.2) is 13.1 Å². The van der Waals surface area contributed by atoms with Crippen LogP contribution in [0.2, 0.25) is 5.02 Å². The van der Waals surface area contributed by atoms with E-state index in [1.54, 1.807) is 23.9 Å². The van der Waals surface area contributed by atoms with Crippen molar-refractivity contribution in [3.63, 3.8) is 0 Å². The van der Waals surface area contributed by atoms with E-state index in [2.05, 4.69) is 42.9 Å². The Labute approximate surface area is 350 Å². The minimum Gasteiger partial charge on any atom is -0.376 e. The van der Waals surface area contributed by atoms with Crippen LogP contribution in [0.3, 0.4) is 0 Å². The molecule has 1 heterocycles. The van der Waals surface area contributed by atoms with Gasteiger partial charge in [-0.1, -0.05) is 72.6 Å². The number of amides is 1. The molecule has 5 aromatic carbocycles. The topological polar surface area (TPSA) is 128 Å². The van der Waals surface area contributed by atoms with Gasteiger partial charge in [0.1, 0.15) is 5.69 Å². The van der Waals surface area contributed by atoms with Crippen molar-refractivity contribution in [3.05, 3.63) is 148 Å². The van der Waals surface area contributed by atoms with Crippen LogP contribution in [0.4, 0.5) is 17.1 Å². The number of halogens is 1. The summed E-state index contributed by atoms with van der Waals surface area (Å²) in [5, 5.41) is 16.3. The van der Waals surface area contributed by atoms with Crippen LogP contribution in [-0.4, -0.2) is 87.7 Å². The lowest BCUT2D eigenvalue weighted by Crippen LogP contribution is -2.46. The third-order valence-electron chi connectivity index (χ3n) is 10.1. The van der Waals surface area contributed by atoms with Crippen LogP contribution in [-0.2, 0) is 16.6 Å². The molecule has 1 saturated heterocycles. The molecule has 14 heteroatoms. The summed E-state index contributed by atoms with van der Waals surface area (Å²) in [6.07, 6.45) is 2.66. The first-order valence-corrected chi connectivity index (χ1v) is 22.2. The van der Waals surface area contributed by atoms with Crippen LogP contribution >= 0.6 is 23.4 Å². The fraction of sp³-hybridized carbons (Fsp3) is 0.295. The maximum atomic E-state index is 13.4.